The van der Waals surface area contributed by atoms with Crippen molar-refractivity contribution in [3.05, 3.63) is 0 Å². The number of rotatable bonds is 0. The van der Waals surface area contributed by atoms with Crippen LogP contribution in [0.5, 0.6) is 0 Å². The second-order valence-electron chi connectivity index (χ2n) is 0.316. The van der Waals surface area contributed by atoms with Gasteiger partial charge in [0.2, 0.25) is 0 Å². The van der Waals surface area contributed by atoms with Crippen molar-refractivity contribution in [2.75, 3.05) is 0 Å². The van der Waals surface area contributed by atoms with Gasteiger partial charge in [0.1, 0.15) is 0 Å². The molecule has 0 aromatic carbocycles. The van der Waals surface area contributed by atoms with Crippen LogP contribution in [0, 0.1) is 0 Å². The van der Waals surface area contributed by atoms with Gasteiger partial charge in [-0.05, 0) is 0 Å². The Labute approximate surface area is 99.4 Å². The van der Waals surface area contributed by atoms with Crippen LogP contribution in [-0.2, 0) is 14.1 Å². The van der Waals surface area contributed by atoms with E-state index < -0.39 is 0 Å². The van der Waals surface area contributed by atoms with Crippen LogP contribution in [0.3, 0.4) is 0 Å². The zero-order chi connectivity index (χ0) is 8.12. The maximum absolute atomic E-state index is 8.36. The summed E-state index contributed by atoms with van der Waals surface area (Å²) >= 11 is 0. The van der Waals surface area contributed by atoms with Gasteiger partial charge in [0, 0.05) is 0 Å². The molecular formula is H5B3CaO8. The molecule has 0 amide bonds. The van der Waals surface area contributed by atoms with E-state index in [1.165, 1.54) is 0 Å². The predicted octanol–water partition coefficient (Wildman–Crippen LogP) is -3.90. The van der Waals surface area contributed by atoms with Crippen molar-refractivity contribution in [3.8, 4) is 0 Å². The number of hydrogen-bond acceptors (Lipinski definition) is 5. The molecule has 0 saturated heterocycles. The molecule has 5 N–H and O–H groups in total. The van der Waals surface area contributed by atoms with E-state index >= 15 is 0 Å². The van der Waals surface area contributed by atoms with Gasteiger partial charge in [0.05, 0.1) is 0 Å². The van der Waals surface area contributed by atoms with Crippen LogP contribution in [0.15, 0.2) is 0 Å². The smallest absolute Gasteiger partial charge is 0.870 e. The van der Waals surface area contributed by atoms with E-state index in [1.54, 1.807) is 0 Å². The van der Waals surface area contributed by atoms with Gasteiger partial charge in [-0.1, -0.05) is 0 Å². The molecule has 0 fully saturated rings. The van der Waals surface area contributed by atoms with Crippen molar-refractivity contribution >= 4 is 59.8 Å². The van der Waals surface area contributed by atoms with Crippen LogP contribution in [-0.4, -0.2) is 85.8 Å². The minimum Gasteiger partial charge on any atom is -0.870 e. The normalized spacial score (nSPS) is 2.00. The second kappa shape index (κ2) is 115. The molecule has 0 radical (unpaired) electrons. The fourth-order valence-electron chi connectivity index (χ4n) is 0. The molecule has 0 aromatic rings. The maximum Gasteiger partial charge on any atom is 2.00 e. The van der Waals surface area contributed by atoms with Crippen molar-refractivity contribution in [1.29, 1.82) is 0 Å². The van der Waals surface area contributed by atoms with Crippen LogP contribution in [0.2, 0.25) is 0 Å². The van der Waals surface area contributed by atoms with Crippen LogP contribution < -0.4 is 0 Å². The van der Waals surface area contributed by atoms with Gasteiger partial charge in [-0.25, -0.2) is 0 Å². The van der Waals surface area contributed by atoms with Crippen LogP contribution in [0.1, 0.15) is 0 Å². The molecule has 0 unspecified atom stereocenters. The summed E-state index contributed by atoms with van der Waals surface area (Å²) in [5.74, 6) is 0. The number of hydrogen-bond donors (Lipinski definition) is 3. The molecule has 12 heteroatoms. The van der Waals surface area contributed by atoms with E-state index in [-0.39, 0.29) is 70.7 Å². The standard InChI is InChI=1S/3BHO2.Ca.2H2O/c3*2-1-3;;;/h3*2H;;2*1H2/q;;;+2;;/p-2. The fraction of sp³-hybridized carbons (Fsp3) is 0. The van der Waals surface area contributed by atoms with Crippen molar-refractivity contribution in [3.63, 3.8) is 0 Å². The Morgan fingerprint density at radius 2 is 0.667 bits per heavy atom. The topological polar surface area (TPSA) is 172 Å². The summed E-state index contributed by atoms with van der Waals surface area (Å²) in [6.45, 7) is 0. The van der Waals surface area contributed by atoms with Gasteiger partial charge >= 0.3 is 89.0 Å². The van der Waals surface area contributed by atoms with E-state index in [0.717, 1.165) is 0 Å². The average molecular weight is 206 g/mol. The van der Waals surface area contributed by atoms with E-state index in [1.807, 2.05) is 0 Å². The van der Waals surface area contributed by atoms with Gasteiger partial charge in [0.15, 0.2) is 0 Å². The van der Waals surface area contributed by atoms with Gasteiger partial charge in [0.25, 0.3) is 0 Å². The molecule has 0 heterocycles. The summed E-state index contributed by atoms with van der Waals surface area (Å²) in [5, 5.41) is 20.7. The zero-order valence-corrected chi connectivity index (χ0v) is 8.11. The molecule has 0 aliphatic heterocycles. The monoisotopic (exact) mass is 206 g/mol. The minimum atomic E-state index is -0.250. The predicted molar refractivity (Wildman–Crippen MR) is 35.6 cm³/mol. The molecule has 0 rings (SSSR count). The average Bonchev–Trinajstić information content (AvgIpc) is 1.70. The minimum absolute atomic E-state index is 0. The third-order valence-electron chi connectivity index (χ3n) is 0. The Bertz CT molecular complexity index is 51.1. The third-order valence-corrected chi connectivity index (χ3v) is 0. The van der Waals surface area contributed by atoms with Crippen LogP contribution in [0.25, 0.3) is 0 Å². The largest absolute Gasteiger partial charge is 2.00 e. The molecule has 0 atom stereocenters. The molecule has 0 spiro atoms. The molecule has 0 aliphatic rings. The molecule has 8 nitrogen and oxygen atoms in total. The zero-order valence-electron chi connectivity index (χ0n) is 5.90. The molecule has 0 aliphatic carbocycles. The summed E-state index contributed by atoms with van der Waals surface area (Å²) in [7, 11) is -0.750. The summed E-state index contributed by atoms with van der Waals surface area (Å²) < 4.78 is 25.1. The summed E-state index contributed by atoms with van der Waals surface area (Å²) in [6.07, 6.45) is 0. The first-order chi connectivity index (χ1) is 4.24. The molecule has 0 bridgehead atoms. The Morgan fingerprint density at radius 3 is 0.667 bits per heavy atom. The van der Waals surface area contributed by atoms with Gasteiger partial charge in [-0.2, -0.15) is 0 Å². The maximum atomic E-state index is 8.36. The first-order valence-electron chi connectivity index (χ1n) is 1.48. The summed E-state index contributed by atoms with van der Waals surface area (Å²) in [4.78, 5) is 0. The van der Waals surface area contributed by atoms with Crippen molar-refractivity contribution < 1.29 is 40.1 Å². The quantitative estimate of drug-likeness (QED) is 0.337. The molecule has 12 heavy (non-hydrogen) atoms. The molecule has 0 aromatic heterocycles. The van der Waals surface area contributed by atoms with Crippen molar-refractivity contribution in [2.45, 2.75) is 0 Å². The molecular weight excluding hydrogens is 201 g/mol. The van der Waals surface area contributed by atoms with E-state index in [0.29, 0.717) is 0 Å². The Kier molecular flexibility index (Phi) is 381. The first-order valence-corrected chi connectivity index (χ1v) is 1.48. The SMILES string of the molecule is O=BO.O=BO.O=BO.[Ca+2].[OH-].[OH-]. The van der Waals surface area contributed by atoms with Gasteiger partial charge in [-0.3, -0.25) is 0 Å². The fourth-order valence-corrected chi connectivity index (χ4v) is 0. The Balaban J connectivity index is -0.00000001000. The molecule has 0 saturated carbocycles. The Morgan fingerprint density at radius 1 is 0.667 bits per heavy atom. The van der Waals surface area contributed by atoms with Gasteiger partial charge < -0.3 is 11.0 Å². The Hall–Kier alpha value is 0.175. The van der Waals surface area contributed by atoms with Crippen molar-refractivity contribution in [1.82, 2.24) is 0 Å². The summed E-state index contributed by atoms with van der Waals surface area (Å²) in [5.41, 5.74) is 0. The third kappa shape index (κ3) is 28100. The van der Waals surface area contributed by atoms with E-state index in [4.69, 9.17) is 29.2 Å². The van der Waals surface area contributed by atoms with Crippen molar-refractivity contribution in [2.24, 2.45) is 0 Å². The summed E-state index contributed by atoms with van der Waals surface area (Å²) in [6, 6.07) is 0. The second-order valence-corrected chi connectivity index (χ2v) is 0.316. The molecule has 64 valence electrons. The van der Waals surface area contributed by atoms with E-state index in [9.17, 15) is 0 Å². The first kappa shape index (κ1) is 39.9. The van der Waals surface area contributed by atoms with Gasteiger partial charge in [-0.15, -0.1) is 0 Å². The van der Waals surface area contributed by atoms with Crippen LogP contribution in [0.4, 0.5) is 0 Å². The van der Waals surface area contributed by atoms with Crippen LogP contribution >= 0.6 is 0 Å². The van der Waals surface area contributed by atoms with E-state index in [2.05, 4.69) is 0 Å².